The molecule has 0 aliphatic heterocycles. The average Bonchev–Trinajstić information content (AvgIpc) is 2.28. The average molecular weight is 255 g/mol. The van der Waals surface area contributed by atoms with E-state index in [0.29, 0.717) is 23.1 Å². The van der Waals surface area contributed by atoms with E-state index in [4.69, 9.17) is 5.11 Å². The number of hydrogen-bond donors (Lipinski definition) is 1. The predicted molar refractivity (Wildman–Crippen MR) is 67.4 cm³/mol. The minimum atomic E-state index is -1.06. The van der Waals surface area contributed by atoms with Crippen LogP contribution in [0.3, 0.4) is 0 Å². The maximum atomic E-state index is 11.8. The van der Waals surface area contributed by atoms with E-state index >= 15 is 0 Å². The Labute approximate surface area is 104 Å². The molecule has 2 atom stereocenters. The third-order valence-electron chi connectivity index (χ3n) is 2.50. The molecular weight excluding hydrogens is 238 g/mol. The lowest BCUT2D eigenvalue weighted by Crippen LogP contribution is -2.10. The third kappa shape index (κ3) is 4.65. The maximum Gasteiger partial charge on any atom is 0.354 e. The topological polar surface area (TPSA) is 67.3 Å². The second-order valence-corrected chi connectivity index (χ2v) is 5.59. The van der Waals surface area contributed by atoms with E-state index in [9.17, 15) is 9.00 Å². The molecule has 1 N–H and O–H groups in total. The summed E-state index contributed by atoms with van der Waals surface area (Å²) in [6, 6.07) is 4.77. The van der Waals surface area contributed by atoms with Gasteiger partial charge in [-0.25, -0.2) is 9.78 Å². The molecule has 4 nitrogen and oxygen atoms in total. The molecule has 0 aliphatic carbocycles. The van der Waals surface area contributed by atoms with Gasteiger partial charge in [-0.3, -0.25) is 4.21 Å². The zero-order valence-corrected chi connectivity index (χ0v) is 10.9. The number of carboxylic acids is 1. The maximum absolute atomic E-state index is 11.8. The number of carboxylic acid groups (broad SMARTS) is 1. The zero-order chi connectivity index (χ0) is 12.8. The molecule has 0 bridgehead atoms. The van der Waals surface area contributed by atoms with Crippen LogP contribution >= 0.6 is 0 Å². The van der Waals surface area contributed by atoms with Crippen molar-refractivity contribution < 1.29 is 14.1 Å². The van der Waals surface area contributed by atoms with Gasteiger partial charge in [-0.2, -0.15) is 0 Å². The molecule has 0 aromatic carbocycles. The van der Waals surface area contributed by atoms with Crippen molar-refractivity contribution in [1.29, 1.82) is 0 Å². The summed E-state index contributed by atoms with van der Waals surface area (Å²) < 4.78 is 11.8. The zero-order valence-electron chi connectivity index (χ0n) is 10.0. The third-order valence-corrected chi connectivity index (χ3v) is 4.06. The van der Waals surface area contributed by atoms with Gasteiger partial charge in [0.2, 0.25) is 0 Å². The SMILES string of the molecule is CCC(C)CS(=O)Cc1cccc(C(=O)O)n1. The van der Waals surface area contributed by atoms with E-state index in [0.717, 1.165) is 6.42 Å². The fraction of sp³-hybridized carbons (Fsp3) is 0.500. The first-order valence-electron chi connectivity index (χ1n) is 5.57. The molecule has 0 fully saturated rings. The number of hydrogen-bond acceptors (Lipinski definition) is 3. The molecule has 5 heteroatoms. The Hall–Kier alpha value is -1.23. The highest BCUT2D eigenvalue weighted by atomic mass is 32.2. The van der Waals surface area contributed by atoms with Crippen molar-refractivity contribution in [2.75, 3.05) is 5.75 Å². The molecule has 0 amide bonds. The summed E-state index contributed by atoms with van der Waals surface area (Å²) in [4.78, 5) is 14.7. The van der Waals surface area contributed by atoms with Gasteiger partial charge in [0, 0.05) is 16.6 Å². The van der Waals surface area contributed by atoms with Crippen LogP contribution in [0, 0.1) is 5.92 Å². The summed E-state index contributed by atoms with van der Waals surface area (Å²) in [7, 11) is -0.978. The van der Waals surface area contributed by atoms with Gasteiger partial charge in [0.25, 0.3) is 0 Å². The van der Waals surface area contributed by atoms with Crippen molar-refractivity contribution in [3.8, 4) is 0 Å². The Morgan fingerprint density at radius 2 is 2.24 bits per heavy atom. The summed E-state index contributed by atoms with van der Waals surface area (Å²) in [6.07, 6.45) is 0.994. The standard InChI is InChI=1S/C12H17NO3S/c1-3-9(2)7-17(16)8-10-5-4-6-11(13-10)12(14)15/h4-6,9H,3,7-8H2,1-2H3,(H,14,15). The van der Waals surface area contributed by atoms with E-state index in [1.165, 1.54) is 6.07 Å². The Morgan fingerprint density at radius 1 is 1.53 bits per heavy atom. The quantitative estimate of drug-likeness (QED) is 0.845. The lowest BCUT2D eigenvalue weighted by atomic mass is 10.2. The highest BCUT2D eigenvalue weighted by Crippen LogP contribution is 2.08. The van der Waals surface area contributed by atoms with Crippen LogP contribution in [0.4, 0.5) is 0 Å². The second kappa shape index (κ2) is 6.49. The lowest BCUT2D eigenvalue weighted by Gasteiger charge is -2.07. The number of rotatable bonds is 6. The van der Waals surface area contributed by atoms with Gasteiger partial charge in [-0.05, 0) is 18.1 Å². The van der Waals surface area contributed by atoms with Gasteiger partial charge in [0.05, 0.1) is 11.4 Å². The Kier molecular flexibility index (Phi) is 5.28. The largest absolute Gasteiger partial charge is 0.477 e. The van der Waals surface area contributed by atoms with Crippen molar-refractivity contribution in [3.63, 3.8) is 0 Å². The molecule has 2 unspecified atom stereocenters. The number of pyridine rings is 1. The summed E-state index contributed by atoms with van der Waals surface area (Å²) in [6.45, 7) is 4.12. The van der Waals surface area contributed by atoms with E-state index in [2.05, 4.69) is 18.8 Å². The fourth-order valence-corrected chi connectivity index (χ4v) is 2.82. The first-order valence-corrected chi connectivity index (χ1v) is 7.06. The van der Waals surface area contributed by atoms with Gasteiger partial charge in [-0.15, -0.1) is 0 Å². The smallest absolute Gasteiger partial charge is 0.354 e. The predicted octanol–water partition coefficient (Wildman–Crippen LogP) is 2.07. The van der Waals surface area contributed by atoms with Crippen molar-refractivity contribution in [2.24, 2.45) is 5.92 Å². The first kappa shape index (κ1) is 13.8. The summed E-state index contributed by atoms with van der Waals surface area (Å²) >= 11 is 0. The monoisotopic (exact) mass is 255 g/mol. The molecule has 0 saturated heterocycles. The number of aromatic carboxylic acids is 1. The molecule has 17 heavy (non-hydrogen) atoms. The van der Waals surface area contributed by atoms with Gasteiger partial charge in [-0.1, -0.05) is 26.3 Å². The Morgan fingerprint density at radius 3 is 2.82 bits per heavy atom. The van der Waals surface area contributed by atoms with Gasteiger partial charge >= 0.3 is 5.97 Å². The Balaban J connectivity index is 2.65. The molecule has 1 aromatic rings. The minimum Gasteiger partial charge on any atom is -0.477 e. The van der Waals surface area contributed by atoms with Crippen LogP contribution in [0.25, 0.3) is 0 Å². The van der Waals surface area contributed by atoms with Crippen LogP contribution in [0.15, 0.2) is 18.2 Å². The van der Waals surface area contributed by atoms with Crippen LogP contribution in [0.2, 0.25) is 0 Å². The summed E-state index contributed by atoms with van der Waals surface area (Å²) in [5.74, 6) is 0.319. The molecule has 0 spiro atoms. The van der Waals surface area contributed by atoms with Crippen LogP contribution < -0.4 is 0 Å². The van der Waals surface area contributed by atoms with Crippen molar-refractivity contribution in [3.05, 3.63) is 29.6 Å². The van der Waals surface area contributed by atoms with Crippen molar-refractivity contribution in [1.82, 2.24) is 4.98 Å². The van der Waals surface area contributed by atoms with Crippen molar-refractivity contribution >= 4 is 16.8 Å². The van der Waals surface area contributed by atoms with Gasteiger partial charge in [0.1, 0.15) is 5.69 Å². The van der Waals surface area contributed by atoms with Gasteiger partial charge < -0.3 is 5.11 Å². The molecule has 0 radical (unpaired) electrons. The highest BCUT2D eigenvalue weighted by molar-refractivity contribution is 7.84. The lowest BCUT2D eigenvalue weighted by molar-refractivity contribution is 0.0690. The Bertz CT molecular complexity index is 420. The van der Waals surface area contributed by atoms with Crippen LogP contribution in [0.5, 0.6) is 0 Å². The van der Waals surface area contributed by atoms with Gasteiger partial charge in [0.15, 0.2) is 0 Å². The molecule has 94 valence electrons. The number of aromatic nitrogens is 1. The van der Waals surface area contributed by atoms with Crippen LogP contribution in [0.1, 0.15) is 36.5 Å². The molecular formula is C12H17NO3S. The number of carbonyl (C=O) groups is 1. The van der Waals surface area contributed by atoms with E-state index in [-0.39, 0.29) is 5.69 Å². The normalized spacial score (nSPS) is 14.2. The summed E-state index contributed by atoms with van der Waals surface area (Å²) in [5, 5.41) is 8.79. The van der Waals surface area contributed by atoms with Crippen LogP contribution in [-0.4, -0.2) is 26.0 Å². The second-order valence-electron chi connectivity index (χ2n) is 4.08. The molecule has 1 aromatic heterocycles. The highest BCUT2D eigenvalue weighted by Gasteiger charge is 2.10. The summed E-state index contributed by atoms with van der Waals surface area (Å²) in [5.41, 5.74) is 0.578. The van der Waals surface area contributed by atoms with Crippen molar-refractivity contribution in [2.45, 2.75) is 26.0 Å². The van der Waals surface area contributed by atoms with E-state index in [1.54, 1.807) is 12.1 Å². The molecule has 0 aliphatic rings. The van der Waals surface area contributed by atoms with E-state index in [1.807, 2.05) is 0 Å². The van der Waals surface area contributed by atoms with Crippen LogP contribution in [-0.2, 0) is 16.6 Å². The minimum absolute atomic E-state index is 0.00281. The first-order chi connectivity index (χ1) is 8.02. The number of nitrogens with zero attached hydrogens (tertiary/aromatic N) is 1. The molecule has 1 heterocycles. The fourth-order valence-electron chi connectivity index (χ4n) is 1.34. The molecule has 0 saturated carbocycles. The molecule has 1 rings (SSSR count). The van der Waals surface area contributed by atoms with E-state index < -0.39 is 16.8 Å².